The minimum absolute atomic E-state index is 0.110. The summed E-state index contributed by atoms with van der Waals surface area (Å²) in [7, 11) is 0. The van der Waals surface area contributed by atoms with Crippen LogP contribution in [0.15, 0.2) is 30.3 Å². The second-order valence-electron chi connectivity index (χ2n) is 5.17. The van der Waals surface area contributed by atoms with E-state index in [1.165, 1.54) is 6.92 Å². The molecule has 1 aromatic rings. The number of nitrogens with one attached hydrogen (secondary N) is 2. The van der Waals surface area contributed by atoms with E-state index in [-0.39, 0.29) is 6.61 Å². The zero-order valence-electron chi connectivity index (χ0n) is 13.8. The number of hydrogen-bond acceptors (Lipinski definition) is 5. The van der Waals surface area contributed by atoms with Crippen molar-refractivity contribution >= 4 is 29.7 Å². The Bertz CT molecular complexity index is 554. The molecule has 0 heterocycles. The number of hydrogen-bond donors (Lipinski definition) is 3. The lowest BCUT2D eigenvalue weighted by molar-refractivity contribution is -0.128. The molecule has 7 nitrogen and oxygen atoms in total. The highest BCUT2D eigenvalue weighted by Gasteiger charge is 2.22. The second-order valence-corrected chi connectivity index (χ2v) is 6.16. The van der Waals surface area contributed by atoms with Crippen LogP contribution in [-0.4, -0.2) is 42.0 Å². The van der Waals surface area contributed by atoms with Crippen molar-refractivity contribution in [3.05, 3.63) is 35.9 Å². The summed E-state index contributed by atoms with van der Waals surface area (Å²) in [6, 6.07) is 7.59. The smallest absolute Gasteiger partial charge is 0.408 e. The average molecular weight is 353 g/mol. The van der Waals surface area contributed by atoms with Gasteiger partial charge < -0.3 is 21.1 Å². The molecule has 1 rings (SSSR count). The Kier molecular flexibility index (Phi) is 8.70. The van der Waals surface area contributed by atoms with Crippen LogP contribution in [0.5, 0.6) is 0 Å². The van der Waals surface area contributed by atoms with Gasteiger partial charge in [0.15, 0.2) is 0 Å². The molecule has 8 heteroatoms. The topological polar surface area (TPSA) is 111 Å². The van der Waals surface area contributed by atoms with Gasteiger partial charge in [0.25, 0.3) is 0 Å². The molecular weight excluding hydrogens is 330 g/mol. The van der Waals surface area contributed by atoms with Crippen LogP contribution in [0.3, 0.4) is 0 Å². The quantitative estimate of drug-likeness (QED) is 0.614. The third-order valence-electron chi connectivity index (χ3n) is 3.21. The molecule has 132 valence electrons. The monoisotopic (exact) mass is 353 g/mol. The van der Waals surface area contributed by atoms with Gasteiger partial charge in [0, 0.05) is 0 Å². The fraction of sp³-hybridized carbons (Fsp3) is 0.438. The van der Waals surface area contributed by atoms with Gasteiger partial charge in [0.2, 0.25) is 11.8 Å². The van der Waals surface area contributed by atoms with Crippen LogP contribution in [0.1, 0.15) is 18.9 Å². The molecule has 0 aliphatic heterocycles. The van der Waals surface area contributed by atoms with Crippen molar-refractivity contribution in [3.63, 3.8) is 0 Å². The van der Waals surface area contributed by atoms with E-state index in [9.17, 15) is 14.4 Å². The predicted octanol–water partition coefficient (Wildman–Crippen LogP) is 1.02. The van der Waals surface area contributed by atoms with Crippen molar-refractivity contribution in [2.24, 2.45) is 5.73 Å². The van der Waals surface area contributed by atoms with Crippen LogP contribution >= 0.6 is 11.8 Å². The molecule has 0 fully saturated rings. The molecule has 2 atom stereocenters. The summed E-state index contributed by atoms with van der Waals surface area (Å²) in [5.74, 6) is -0.401. The normalized spacial score (nSPS) is 12.8. The van der Waals surface area contributed by atoms with Gasteiger partial charge in [-0.05, 0) is 30.9 Å². The highest BCUT2D eigenvalue weighted by molar-refractivity contribution is 7.98. The molecule has 0 saturated heterocycles. The summed E-state index contributed by atoms with van der Waals surface area (Å²) in [6.45, 7) is 1.62. The number of benzene rings is 1. The summed E-state index contributed by atoms with van der Waals surface area (Å²) >= 11 is 1.55. The molecule has 0 aliphatic carbocycles. The number of carbonyl (C=O) groups is 3. The van der Waals surface area contributed by atoms with E-state index in [1.807, 2.05) is 36.6 Å². The molecule has 0 aromatic heterocycles. The third-order valence-corrected chi connectivity index (χ3v) is 3.85. The lowest BCUT2D eigenvalue weighted by Crippen LogP contribution is -2.52. The first-order valence-electron chi connectivity index (χ1n) is 7.50. The lowest BCUT2D eigenvalue weighted by Gasteiger charge is -2.19. The Morgan fingerprint density at radius 2 is 1.88 bits per heavy atom. The Morgan fingerprint density at radius 3 is 2.46 bits per heavy atom. The first-order chi connectivity index (χ1) is 11.4. The van der Waals surface area contributed by atoms with E-state index in [2.05, 4.69) is 10.6 Å². The van der Waals surface area contributed by atoms with Gasteiger partial charge in [-0.2, -0.15) is 11.8 Å². The molecule has 4 N–H and O–H groups in total. The fourth-order valence-corrected chi connectivity index (χ4v) is 2.30. The number of nitrogens with two attached hydrogens (primary N) is 1. The van der Waals surface area contributed by atoms with Crippen LogP contribution in [0.4, 0.5) is 4.79 Å². The Hall–Kier alpha value is -2.22. The maximum absolute atomic E-state index is 12.0. The molecule has 0 spiro atoms. The van der Waals surface area contributed by atoms with Gasteiger partial charge in [-0.3, -0.25) is 9.59 Å². The van der Waals surface area contributed by atoms with Crippen LogP contribution in [0.2, 0.25) is 0 Å². The number of carbonyl (C=O) groups excluding carboxylic acids is 3. The number of rotatable bonds is 9. The molecule has 0 saturated carbocycles. The Morgan fingerprint density at radius 1 is 1.21 bits per heavy atom. The van der Waals surface area contributed by atoms with Gasteiger partial charge >= 0.3 is 6.09 Å². The fourth-order valence-electron chi connectivity index (χ4n) is 1.83. The van der Waals surface area contributed by atoms with Crippen molar-refractivity contribution in [3.8, 4) is 0 Å². The SMILES string of the molecule is CSCC[C@H](NC(=O)[C@H](C)NC(=O)OCc1ccccc1)C(N)=O. The summed E-state index contributed by atoms with van der Waals surface area (Å²) < 4.78 is 5.04. The Labute approximate surface area is 145 Å². The zero-order chi connectivity index (χ0) is 17.9. The summed E-state index contributed by atoms with van der Waals surface area (Å²) in [5, 5.41) is 4.95. The molecule has 24 heavy (non-hydrogen) atoms. The number of ether oxygens (including phenoxy) is 1. The molecular formula is C16H23N3O4S. The molecule has 0 bridgehead atoms. The van der Waals surface area contributed by atoms with E-state index in [1.54, 1.807) is 11.8 Å². The zero-order valence-corrected chi connectivity index (χ0v) is 14.6. The van der Waals surface area contributed by atoms with E-state index in [4.69, 9.17) is 10.5 Å². The number of primary amides is 1. The van der Waals surface area contributed by atoms with Gasteiger partial charge in [0.1, 0.15) is 18.7 Å². The second kappa shape index (κ2) is 10.5. The number of thioether (sulfide) groups is 1. The highest BCUT2D eigenvalue weighted by Crippen LogP contribution is 2.02. The average Bonchev–Trinajstić information content (AvgIpc) is 2.57. The lowest BCUT2D eigenvalue weighted by atomic mass is 10.2. The van der Waals surface area contributed by atoms with E-state index in [0.29, 0.717) is 12.2 Å². The van der Waals surface area contributed by atoms with E-state index >= 15 is 0 Å². The van der Waals surface area contributed by atoms with Crippen LogP contribution in [-0.2, 0) is 20.9 Å². The standard InChI is InChI=1S/C16H23N3O4S/c1-11(15(21)19-13(14(17)20)8-9-24-2)18-16(22)23-10-12-6-4-3-5-7-12/h3-7,11,13H,8-10H2,1-2H3,(H2,17,20)(H,18,22)(H,19,21)/t11-,13-/m0/s1. The molecule has 1 aromatic carbocycles. The van der Waals surface area contributed by atoms with Crippen molar-refractivity contribution in [2.45, 2.75) is 32.0 Å². The van der Waals surface area contributed by atoms with Gasteiger partial charge in [-0.1, -0.05) is 30.3 Å². The number of amides is 3. The minimum Gasteiger partial charge on any atom is -0.445 e. The van der Waals surface area contributed by atoms with Crippen molar-refractivity contribution in [1.82, 2.24) is 10.6 Å². The first-order valence-corrected chi connectivity index (χ1v) is 8.89. The largest absolute Gasteiger partial charge is 0.445 e. The third kappa shape index (κ3) is 7.36. The maximum atomic E-state index is 12.0. The molecule has 3 amide bonds. The van der Waals surface area contributed by atoms with Gasteiger partial charge in [-0.25, -0.2) is 4.79 Å². The molecule has 0 unspecified atom stereocenters. The summed E-state index contributed by atoms with van der Waals surface area (Å²) in [4.78, 5) is 35.1. The Balaban J connectivity index is 2.41. The predicted molar refractivity (Wildman–Crippen MR) is 93.3 cm³/mol. The summed E-state index contributed by atoms with van der Waals surface area (Å²) in [5.41, 5.74) is 6.11. The van der Waals surface area contributed by atoms with Crippen LogP contribution in [0, 0.1) is 0 Å². The minimum atomic E-state index is -0.843. The van der Waals surface area contributed by atoms with Gasteiger partial charge in [-0.15, -0.1) is 0 Å². The van der Waals surface area contributed by atoms with Crippen molar-refractivity contribution in [1.29, 1.82) is 0 Å². The van der Waals surface area contributed by atoms with Crippen LogP contribution in [0.25, 0.3) is 0 Å². The molecule has 0 aliphatic rings. The maximum Gasteiger partial charge on any atom is 0.408 e. The highest BCUT2D eigenvalue weighted by atomic mass is 32.2. The summed E-state index contributed by atoms with van der Waals surface area (Å²) in [6.07, 6.45) is 1.63. The van der Waals surface area contributed by atoms with Gasteiger partial charge in [0.05, 0.1) is 0 Å². The van der Waals surface area contributed by atoms with E-state index in [0.717, 1.165) is 5.56 Å². The van der Waals surface area contributed by atoms with E-state index < -0.39 is 30.0 Å². The van der Waals surface area contributed by atoms with Crippen molar-refractivity contribution < 1.29 is 19.1 Å². The van der Waals surface area contributed by atoms with Crippen molar-refractivity contribution in [2.75, 3.05) is 12.0 Å². The first kappa shape index (κ1) is 19.8. The number of alkyl carbamates (subject to hydrolysis) is 1. The van der Waals surface area contributed by atoms with Crippen LogP contribution < -0.4 is 16.4 Å². The molecule has 0 radical (unpaired) electrons.